The zero-order chi connectivity index (χ0) is 12.4. The first-order chi connectivity index (χ1) is 8.08. The van der Waals surface area contributed by atoms with E-state index in [4.69, 9.17) is 0 Å². The minimum absolute atomic E-state index is 0.249. The zero-order valence-electron chi connectivity index (χ0n) is 9.57. The number of halogens is 1. The number of phenolic OH excluding ortho intramolecular Hbond substituents is 1. The van der Waals surface area contributed by atoms with E-state index in [1.165, 1.54) is 5.56 Å². The molecular weight excluding hydrogens is 276 g/mol. The molecule has 0 heterocycles. The van der Waals surface area contributed by atoms with E-state index in [9.17, 15) is 5.11 Å². The van der Waals surface area contributed by atoms with Gasteiger partial charge in [0.1, 0.15) is 5.75 Å². The summed E-state index contributed by atoms with van der Waals surface area (Å²) in [7, 11) is 0. The number of aromatic hydroxyl groups is 1. The van der Waals surface area contributed by atoms with E-state index in [1.807, 2.05) is 37.3 Å². The van der Waals surface area contributed by atoms with Crippen molar-refractivity contribution >= 4 is 21.5 Å². The number of hydrogen-bond acceptors (Lipinski definition) is 1. The second-order valence-corrected chi connectivity index (χ2v) is 4.92. The Kier molecular flexibility index (Phi) is 3.34. The third-order valence-electron chi connectivity index (χ3n) is 2.68. The van der Waals surface area contributed by atoms with Crippen molar-refractivity contribution in [3.8, 4) is 5.75 Å². The van der Waals surface area contributed by atoms with Crippen molar-refractivity contribution in [2.45, 2.75) is 6.92 Å². The Balaban J connectivity index is 2.43. The molecule has 0 aliphatic heterocycles. The van der Waals surface area contributed by atoms with E-state index < -0.39 is 0 Å². The Morgan fingerprint density at radius 2 is 1.76 bits per heavy atom. The van der Waals surface area contributed by atoms with Gasteiger partial charge in [0.15, 0.2) is 0 Å². The number of hydrogen-bond donors (Lipinski definition) is 1. The average Bonchev–Trinajstić information content (AvgIpc) is 2.32. The predicted molar refractivity (Wildman–Crippen MR) is 75.1 cm³/mol. The third kappa shape index (κ3) is 2.59. The van der Waals surface area contributed by atoms with Crippen LogP contribution < -0.4 is 0 Å². The van der Waals surface area contributed by atoms with Crippen molar-refractivity contribution in [1.29, 1.82) is 0 Å². The monoisotopic (exact) mass is 288 g/mol. The van der Waals surface area contributed by atoms with Gasteiger partial charge in [-0.3, -0.25) is 0 Å². The number of phenols is 1. The molecular formula is C15H13BrO. The Morgan fingerprint density at radius 1 is 1.12 bits per heavy atom. The van der Waals surface area contributed by atoms with Crippen LogP contribution in [0.1, 0.15) is 16.7 Å². The topological polar surface area (TPSA) is 20.2 Å². The summed E-state index contributed by atoms with van der Waals surface area (Å²) in [6.07, 6.45) is 0. The van der Waals surface area contributed by atoms with E-state index in [0.29, 0.717) is 0 Å². The van der Waals surface area contributed by atoms with Crippen molar-refractivity contribution in [3.63, 3.8) is 0 Å². The molecule has 0 saturated carbocycles. The van der Waals surface area contributed by atoms with Gasteiger partial charge in [-0.2, -0.15) is 0 Å². The van der Waals surface area contributed by atoms with Crippen molar-refractivity contribution in [1.82, 2.24) is 0 Å². The lowest BCUT2D eigenvalue weighted by Gasteiger charge is -2.09. The summed E-state index contributed by atoms with van der Waals surface area (Å²) in [4.78, 5) is 0. The van der Waals surface area contributed by atoms with Gasteiger partial charge in [0.25, 0.3) is 0 Å². The Bertz CT molecular complexity index is 556. The highest BCUT2D eigenvalue weighted by Crippen LogP contribution is 2.31. The molecule has 0 radical (unpaired) electrons. The normalized spacial score (nSPS) is 10.2. The number of aryl methyl sites for hydroxylation is 1. The molecule has 0 unspecified atom stereocenters. The molecule has 0 aliphatic carbocycles. The van der Waals surface area contributed by atoms with E-state index in [-0.39, 0.29) is 5.75 Å². The van der Waals surface area contributed by atoms with E-state index in [1.54, 1.807) is 12.1 Å². The van der Waals surface area contributed by atoms with Gasteiger partial charge < -0.3 is 5.11 Å². The van der Waals surface area contributed by atoms with Crippen LogP contribution in [-0.4, -0.2) is 5.11 Å². The maximum Gasteiger partial charge on any atom is 0.123 e. The number of rotatable bonds is 2. The summed E-state index contributed by atoms with van der Waals surface area (Å²) in [5.41, 5.74) is 3.80. The fourth-order valence-corrected chi connectivity index (χ4v) is 2.02. The molecule has 0 saturated heterocycles. The van der Waals surface area contributed by atoms with Crippen LogP contribution in [0.2, 0.25) is 0 Å². The van der Waals surface area contributed by atoms with Gasteiger partial charge in [-0.1, -0.05) is 52.3 Å². The Morgan fingerprint density at radius 3 is 2.41 bits per heavy atom. The summed E-state index contributed by atoms with van der Waals surface area (Å²) in [5, 5.41) is 9.84. The van der Waals surface area contributed by atoms with Crippen molar-refractivity contribution < 1.29 is 5.11 Å². The summed E-state index contributed by atoms with van der Waals surface area (Å²) >= 11 is 3.40. The minimum Gasteiger partial charge on any atom is -0.507 e. The smallest absolute Gasteiger partial charge is 0.123 e. The highest BCUT2D eigenvalue weighted by molar-refractivity contribution is 9.10. The van der Waals surface area contributed by atoms with Gasteiger partial charge in [0, 0.05) is 10.0 Å². The minimum atomic E-state index is 0.249. The van der Waals surface area contributed by atoms with Crippen LogP contribution in [0.5, 0.6) is 5.75 Å². The summed E-state index contributed by atoms with van der Waals surface area (Å²) in [6.45, 7) is 6.09. The maximum atomic E-state index is 9.84. The first kappa shape index (κ1) is 11.9. The molecule has 0 fully saturated rings. The molecule has 2 aromatic carbocycles. The molecule has 1 nitrogen and oxygen atoms in total. The van der Waals surface area contributed by atoms with E-state index >= 15 is 0 Å². The van der Waals surface area contributed by atoms with Gasteiger partial charge >= 0.3 is 0 Å². The molecule has 0 aliphatic rings. The lowest BCUT2D eigenvalue weighted by atomic mass is 9.98. The highest BCUT2D eigenvalue weighted by atomic mass is 79.9. The van der Waals surface area contributed by atoms with Crippen LogP contribution in [0.15, 0.2) is 53.5 Å². The van der Waals surface area contributed by atoms with Crippen molar-refractivity contribution in [3.05, 3.63) is 70.2 Å². The number of benzene rings is 2. The van der Waals surface area contributed by atoms with Gasteiger partial charge in [-0.15, -0.1) is 0 Å². The maximum absolute atomic E-state index is 9.84. The van der Waals surface area contributed by atoms with Crippen LogP contribution in [0.4, 0.5) is 0 Å². The molecule has 86 valence electrons. The molecule has 0 spiro atoms. The third-order valence-corrected chi connectivity index (χ3v) is 3.18. The second-order valence-electron chi connectivity index (χ2n) is 4.01. The molecule has 1 N–H and O–H groups in total. The molecule has 0 aromatic heterocycles. The molecule has 0 amide bonds. The summed E-state index contributed by atoms with van der Waals surface area (Å²) < 4.78 is 0.929. The zero-order valence-corrected chi connectivity index (χ0v) is 11.2. The van der Waals surface area contributed by atoms with Gasteiger partial charge in [-0.25, -0.2) is 0 Å². The van der Waals surface area contributed by atoms with Crippen LogP contribution in [0.3, 0.4) is 0 Å². The van der Waals surface area contributed by atoms with Gasteiger partial charge in [-0.05, 0) is 36.3 Å². The van der Waals surface area contributed by atoms with Crippen LogP contribution in [0, 0.1) is 6.92 Å². The Hall–Kier alpha value is -1.54. The first-order valence-electron chi connectivity index (χ1n) is 5.33. The molecule has 17 heavy (non-hydrogen) atoms. The molecule has 0 atom stereocenters. The van der Waals surface area contributed by atoms with Crippen molar-refractivity contribution in [2.75, 3.05) is 0 Å². The molecule has 2 heteroatoms. The molecule has 2 aromatic rings. The average molecular weight is 289 g/mol. The van der Waals surface area contributed by atoms with E-state index in [0.717, 1.165) is 21.2 Å². The summed E-state index contributed by atoms with van der Waals surface area (Å²) in [5.74, 6) is 0.249. The largest absolute Gasteiger partial charge is 0.507 e. The van der Waals surface area contributed by atoms with Crippen LogP contribution in [0.25, 0.3) is 5.57 Å². The standard InChI is InChI=1S/C15H13BrO/c1-10-3-5-12(6-4-10)11(2)14-9-13(16)7-8-15(14)17/h3-9,17H,2H2,1H3. The van der Waals surface area contributed by atoms with Gasteiger partial charge in [0.05, 0.1) is 0 Å². The lowest BCUT2D eigenvalue weighted by Crippen LogP contribution is -1.87. The lowest BCUT2D eigenvalue weighted by molar-refractivity contribution is 0.473. The van der Waals surface area contributed by atoms with Crippen LogP contribution in [-0.2, 0) is 0 Å². The van der Waals surface area contributed by atoms with Crippen molar-refractivity contribution in [2.24, 2.45) is 0 Å². The SMILES string of the molecule is C=C(c1ccc(C)cc1)c1cc(Br)ccc1O. The van der Waals surface area contributed by atoms with Gasteiger partial charge in [0.2, 0.25) is 0 Å². The second kappa shape index (κ2) is 4.76. The molecule has 0 bridgehead atoms. The Labute approximate surface area is 110 Å². The fraction of sp³-hybridized carbons (Fsp3) is 0.0667. The van der Waals surface area contributed by atoms with E-state index in [2.05, 4.69) is 22.5 Å². The van der Waals surface area contributed by atoms with Crippen LogP contribution >= 0.6 is 15.9 Å². The highest BCUT2D eigenvalue weighted by Gasteiger charge is 2.07. The molecule has 2 rings (SSSR count). The predicted octanol–water partition coefficient (Wildman–Crippen LogP) is 4.52. The quantitative estimate of drug-likeness (QED) is 0.861. The fourth-order valence-electron chi connectivity index (χ4n) is 1.66. The summed E-state index contributed by atoms with van der Waals surface area (Å²) in [6, 6.07) is 13.4. The first-order valence-corrected chi connectivity index (χ1v) is 6.12.